The van der Waals surface area contributed by atoms with Gasteiger partial charge in [0.2, 0.25) is 0 Å². The number of thiophene rings is 3. The van der Waals surface area contributed by atoms with E-state index in [1.165, 1.54) is 125 Å². The summed E-state index contributed by atoms with van der Waals surface area (Å²) in [6.45, 7) is 9.62. The molecule has 29 rings (SSSR count). The van der Waals surface area contributed by atoms with Crippen molar-refractivity contribution in [1.82, 2.24) is 101 Å². The van der Waals surface area contributed by atoms with Crippen molar-refractivity contribution in [3.63, 3.8) is 0 Å². The molecule has 12 fully saturated rings. The first-order chi connectivity index (χ1) is 64.2. The Labute approximate surface area is 778 Å². The Hall–Kier alpha value is -11.2. The predicted octanol–water partition coefficient (Wildman–Crippen LogP) is 25.9. The van der Waals surface area contributed by atoms with Crippen LogP contribution in [0.15, 0.2) is 137 Å². The van der Waals surface area contributed by atoms with E-state index >= 15 is 0 Å². The molecule has 8 atom stereocenters. The van der Waals surface area contributed by atoms with Gasteiger partial charge in [0.05, 0.1) is 59.5 Å². The van der Waals surface area contributed by atoms with E-state index < -0.39 is 35.2 Å². The summed E-state index contributed by atoms with van der Waals surface area (Å²) in [5, 5.41) is 34.8. The number of aromatic nitrogens is 20. The summed E-state index contributed by atoms with van der Waals surface area (Å²) in [6, 6.07) is 35.5. The van der Waals surface area contributed by atoms with Gasteiger partial charge in [0, 0.05) is 27.5 Å². The summed E-state index contributed by atoms with van der Waals surface area (Å²) in [6.07, 6.45) is 26.7. The molecule has 16 aromatic heterocycles. The zero-order chi connectivity index (χ0) is 89.8. The maximum absolute atomic E-state index is 14.2. The number of rotatable bonds is 16. The SMILES string of the molecule is CC1C2CCC(CC2)C1Cc1cc(-c2cc3ccccc3s2)nc(-c2[nH]nc3nc(F)c(F)cc23)n1.CC1C2CCC(CC2)C1Cc1cc(-c2ccco2)nc(-c2[nH]nc3nc(Cl)c(F)cc23)n1.CC1C2CCC(CC2)C1Cc1cc(-c2cccs2)nc(-c2[nH]nc3nc(Cl)c(F)cc23)n1.CC1C2CCC(CC2)C1Cc1cc(-c2cccs2)nc(-c2[nH]nc3nc(F)c(F)cc23)n1. The second kappa shape index (κ2) is 36.0. The average Bonchev–Trinajstić information content (AvgIpc) is 1.66. The van der Waals surface area contributed by atoms with Crippen LogP contribution in [0.4, 0.5) is 26.3 Å². The highest BCUT2D eigenvalue weighted by molar-refractivity contribution is 7.22. The number of hydrogen-bond acceptors (Lipinski definition) is 20. The Kier molecular flexibility index (Phi) is 23.5. The molecule has 32 heteroatoms. The third-order valence-corrected chi connectivity index (χ3v) is 34.4. The van der Waals surface area contributed by atoms with Gasteiger partial charge in [-0.3, -0.25) is 20.4 Å². The highest BCUT2D eigenvalue weighted by Gasteiger charge is 2.46. The Morgan fingerprint density at radius 3 is 0.992 bits per heavy atom. The van der Waals surface area contributed by atoms with Crippen LogP contribution in [0.25, 0.3) is 143 Å². The maximum atomic E-state index is 14.2. The topological polar surface area (TPSA) is 283 Å². The number of halogens is 8. The lowest BCUT2D eigenvalue weighted by atomic mass is 9.58. The first-order valence-corrected chi connectivity index (χ1v) is 49.5. The van der Waals surface area contributed by atoms with Crippen LogP contribution in [-0.4, -0.2) is 101 Å². The molecule has 1 aromatic carbocycles. The largest absolute Gasteiger partial charge is 0.463 e. The number of furan rings is 1. The van der Waals surface area contributed by atoms with Crippen molar-refractivity contribution < 1.29 is 30.8 Å². The summed E-state index contributed by atoms with van der Waals surface area (Å²) in [4.78, 5) is 57.4. The van der Waals surface area contributed by atoms with E-state index in [-0.39, 0.29) is 21.6 Å². The highest BCUT2D eigenvalue weighted by Crippen LogP contribution is 2.55. The fraction of sp³-hybridized carbons (Fsp3) is 0.400. The number of nitrogens with one attached hydrogen (secondary N) is 4. The molecule has 12 saturated carbocycles. The Morgan fingerprint density at radius 2 is 0.659 bits per heavy atom. The van der Waals surface area contributed by atoms with Gasteiger partial charge in [0.25, 0.3) is 11.9 Å². The van der Waals surface area contributed by atoms with Gasteiger partial charge < -0.3 is 4.42 Å². The van der Waals surface area contributed by atoms with Crippen molar-refractivity contribution in [3.05, 3.63) is 201 Å². The summed E-state index contributed by atoms with van der Waals surface area (Å²) in [5.74, 6) is 8.60. The number of nitrogens with zero attached hydrogens (tertiary/aromatic N) is 16. The summed E-state index contributed by atoms with van der Waals surface area (Å²) in [5.41, 5.74) is 10.2. The third kappa shape index (κ3) is 16.9. The highest BCUT2D eigenvalue weighted by atomic mass is 35.5. The lowest BCUT2D eigenvalue weighted by Crippen LogP contribution is -2.39. The molecule has 4 N–H and O–H groups in total. The van der Waals surface area contributed by atoms with Gasteiger partial charge >= 0.3 is 0 Å². The number of aromatic amines is 4. The minimum absolute atomic E-state index is 0.111. The van der Waals surface area contributed by atoms with E-state index in [1.54, 1.807) is 40.3 Å². The third-order valence-electron chi connectivity index (χ3n) is 31.0. The standard InChI is InChI=1S/C28H25F2N5S.C24H23ClFN5O.C24H23ClFN5S.C24H23F2N5S/c1-14-15-6-8-16(9-7-15)19(14)11-18-12-22(24-10-17-4-2-3-5-23(17)36-24)32-28(31-18)25-20-13-21(29)26(30)33-27(20)35-34-25;2*1-12-13-4-6-14(7-5-13)16(12)9-15-10-19(20-3-2-8-32-20)28-24(27-15)21-17-11-18(26)22(25)29-23(17)31-30-21;1-12-13-4-6-14(7-5-13)16(12)9-15-10-19(20-3-2-8-32-20)28-24(27-15)21-17-11-18(25)22(26)29-23(17)31-30-21/h2-5,10,12-16,19H,6-9,11H2,1H3,(H,33,34,35);3*2-3,8,10-14,16H,4-7,9H2,1H3,(H,29,30,31). The molecule has 0 amide bonds. The zero-order valence-electron chi connectivity index (χ0n) is 72.9. The molecular weight excluding hydrogens is 1780 g/mol. The molecule has 0 spiro atoms. The molecule has 0 radical (unpaired) electrons. The van der Waals surface area contributed by atoms with Crippen LogP contribution in [0, 0.1) is 130 Å². The molecule has 17 aromatic rings. The first-order valence-electron chi connectivity index (χ1n) is 46.2. The van der Waals surface area contributed by atoms with Gasteiger partial charge in [0.15, 0.2) is 85.2 Å². The Morgan fingerprint density at radius 1 is 0.333 bits per heavy atom. The summed E-state index contributed by atoms with van der Waals surface area (Å²) in [7, 11) is 0. The molecule has 0 saturated heterocycles. The van der Waals surface area contributed by atoms with Crippen LogP contribution >= 0.6 is 57.2 Å². The number of pyridine rings is 4. The smallest absolute Gasteiger partial charge is 0.251 e. The van der Waals surface area contributed by atoms with Gasteiger partial charge in [-0.05, 0) is 324 Å². The van der Waals surface area contributed by atoms with Gasteiger partial charge in [-0.25, -0.2) is 67.4 Å². The lowest BCUT2D eigenvalue weighted by molar-refractivity contribution is 0.0339. The normalized spacial score (nSPS) is 24.6. The van der Waals surface area contributed by atoms with Crippen molar-refractivity contribution in [2.24, 2.45) is 94.7 Å². The Balaban J connectivity index is 0.000000103. The van der Waals surface area contributed by atoms with Crippen molar-refractivity contribution >= 4 is 111 Å². The molecule has 132 heavy (non-hydrogen) atoms. The van der Waals surface area contributed by atoms with Gasteiger partial charge in [-0.2, -0.15) is 39.1 Å². The van der Waals surface area contributed by atoms with Crippen LogP contribution in [0.3, 0.4) is 0 Å². The monoisotopic (exact) mass is 1870 g/mol. The lowest BCUT2D eigenvalue weighted by Gasteiger charge is -2.47. The second-order valence-corrected chi connectivity index (χ2v) is 41.6. The maximum Gasteiger partial charge on any atom is 0.251 e. The fourth-order valence-electron chi connectivity index (χ4n) is 23.9. The van der Waals surface area contributed by atoms with Crippen molar-refractivity contribution in [2.45, 2.75) is 156 Å². The van der Waals surface area contributed by atoms with Crippen LogP contribution in [-0.2, 0) is 25.7 Å². The summed E-state index contributed by atoms with van der Waals surface area (Å²) < 4.78 is 90.4. The second-order valence-electron chi connectivity index (χ2n) is 37.9. The van der Waals surface area contributed by atoms with Crippen LogP contribution < -0.4 is 0 Å². The van der Waals surface area contributed by atoms with Gasteiger partial charge in [-0.1, -0.05) is 81.2 Å². The molecular formula is C100H94Cl2F6N20OS3. The predicted molar refractivity (Wildman–Crippen MR) is 502 cm³/mol. The molecule has 8 unspecified atom stereocenters. The van der Waals surface area contributed by atoms with E-state index in [2.05, 4.69) is 131 Å². The van der Waals surface area contributed by atoms with Gasteiger partial charge in [0.1, 0.15) is 28.5 Å². The number of H-pyrrole nitrogens is 4. The minimum Gasteiger partial charge on any atom is -0.463 e. The molecule has 16 heterocycles. The summed E-state index contributed by atoms with van der Waals surface area (Å²) >= 11 is 16.6. The number of fused-ring (bicyclic) bond motifs is 17. The number of hydrogen-bond donors (Lipinski definition) is 4. The van der Waals surface area contributed by atoms with E-state index in [4.69, 9.17) is 67.5 Å². The Bertz CT molecular complexity index is 6600. The van der Waals surface area contributed by atoms with E-state index in [9.17, 15) is 26.3 Å². The molecule has 0 aliphatic heterocycles. The van der Waals surface area contributed by atoms with Crippen molar-refractivity contribution in [3.8, 4) is 89.2 Å². The molecule has 674 valence electrons. The minimum atomic E-state index is -1.16. The van der Waals surface area contributed by atoms with Crippen molar-refractivity contribution in [1.29, 1.82) is 0 Å². The molecule has 21 nitrogen and oxygen atoms in total. The average molecular weight is 1870 g/mol. The fourth-order valence-corrected chi connectivity index (χ4v) is 26.6. The van der Waals surface area contributed by atoms with Gasteiger partial charge in [-0.15, -0.1) is 34.0 Å². The van der Waals surface area contributed by atoms with Crippen LogP contribution in [0.5, 0.6) is 0 Å². The molecule has 12 aliphatic rings. The van der Waals surface area contributed by atoms with E-state index in [0.717, 1.165) is 146 Å². The van der Waals surface area contributed by atoms with Crippen LogP contribution in [0.2, 0.25) is 10.3 Å². The quantitative estimate of drug-likeness (QED) is 0.0516. The van der Waals surface area contributed by atoms with Crippen LogP contribution in [0.1, 0.15) is 153 Å². The van der Waals surface area contributed by atoms with E-state index in [0.29, 0.717) is 132 Å². The molecule has 12 aliphatic carbocycles. The van der Waals surface area contributed by atoms with Crippen molar-refractivity contribution in [2.75, 3.05) is 0 Å². The van der Waals surface area contributed by atoms with E-state index in [1.807, 2.05) is 59.3 Å². The number of benzene rings is 1. The first kappa shape index (κ1) is 86.2. The molecule has 8 bridgehead atoms. The zero-order valence-corrected chi connectivity index (χ0v) is 76.9.